The number of nitrogens with zero attached hydrogens (tertiary/aromatic N) is 4. The fraction of sp³-hybridized carbons (Fsp3) is 0.500. The number of fused-ring (bicyclic) bond motifs is 1. The van der Waals surface area contributed by atoms with E-state index in [0.717, 1.165) is 36.8 Å². The van der Waals surface area contributed by atoms with Gasteiger partial charge in [0.25, 0.3) is 0 Å². The third kappa shape index (κ3) is 2.80. The molecule has 3 rings (SSSR count). The van der Waals surface area contributed by atoms with E-state index in [9.17, 15) is 4.79 Å². The monoisotopic (exact) mass is 273 g/mol. The van der Waals surface area contributed by atoms with Gasteiger partial charge >= 0.3 is 0 Å². The second-order valence-electron chi connectivity index (χ2n) is 5.31. The molecule has 1 atom stereocenters. The Morgan fingerprint density at radius 1 is 1.25 bits per heavy atom. The minimum Gasteiger partial charge on any atom is -0.339 e. The molecule has 6 nitrogen and oxygen atoms in total. The zero-order valence-electron chi connectivity index (χ0n) is 11.4. The van der Waals surface area contributed by atoms with Crippen LogP contribution in [-0.2, 0) is 11.3 Å². The second-order valence-corrected chi connectivity index (χ2v) is 5.31. The summed E-state index contributed by atoms with van der Waals surface area (Å²) in [5, 5.41) is 8.63. The summed E-state index contributed by atoms with van der Waals surface area (Å²) in [5.41, 5.74) is 7.61. The van der Waals surface area contributed by atoms with Gasteiger partial charge in [-0.1, -0.05) is 18.6 Å². The van der Waals surface area contributed by atoms with Crippen LogP contribution >= 0.6 is 0 Å². The second kappa shape index (κ2) is 5.58. The van der Waals surface area contributed by atoms with Gasteiger partial charge in [0.1, 0.15) is 17.6 Å². The molecular formula is C14H19N5O. The van der Waals surface area contributed by atoms with Crippen molar-refractivity contribution in [2.45, 2.75) is 31.8 Å². The van der Waals surface area contributed by atoms with Crippen LogP contribution in [0, 0.1) is 0 Å². The number of likely N-dealkylation sites (tertiary alicyclic amines) is 1. The Morgan fingerprint density at radius 2 is 1.95 bits per heavy atom. The number of benzene rings is 1. The Kier molecular flexibility index (Phi) is 3.64. The number of carbonyl (C=O) groups is 1. The molecule has 2 aromatic rings. The van der Waals surface area contributed by atoms with E-state index in [1.54, 1.807) is 0 Å². The van der Waals surface area contributed by atoms with Crippen molar-refractivity contribution in [2.24, 2.45) is 5.73 Å². The standard InChI is InChI=1S/C14H19N5O/c15-11-5-3-4-8-18(9-11)14(20)10-19-16-12-6-1-2-7-13(12)17-19/h1-2,6-7,11H,3-5,8-10,15H2/t11-/m0/s1. The van der Waals surface area contributed by atoms with Gasteiger partial charge in [0.15, 0.2) is 0 Å². The molecule has 1 fully saturated rings. The molecule has 106 valence electrons. The van der Waals surface area contributed by atoms with Gasteiger partial charge in [0.05, 0.1) is 0 Å². The van der Waals surface area contributed by atoms with Crippen molar-refractivity contribution in [1.82, 2.24) is 19.9 Å². The average molecular weight is 273 g/mol. The molecular weight excluding hydrogens is 254 g/mol. The van der Waals surface area contributed by atoms with E-state index >= 15 is 0 Å². The van der Waals surface area contributed by atoms with E-state index in [4.69, 9.17) is 5.73 Å². The van der Waals surface area contributed by atoms with Crippen LogP contribution in [0.5, 0.6) is 0 Å². The normalized spacial score (nSPS) is 20.1. The summed E-state index contributed by atoms with van der Waals surface area (Å²) in [6.45, 7) is 1.61. The SMILES string of the molecule is N[C@H]1CCCCN(C(=O)Cn2nc3ccccc3n2)C1. The number of aromatic nitrogens is 3. The van der Waals surface area contributed by atoms with Crippen LogP contribution in [-0.4, -0.2) is 44.9 Å². The lowest BCUT2D eigenvalue weighted by atomic mass is 10.2. The van der Waals surface area contributed by atoms with E-state index < -0.39 is 0 Å². The predicted molar refractivity (Wildman–Crippen MR) is 75.9 cm³/mol. The van der Waals surface area contributed by atoms with Gasteiger partial charge in [-0.05, 0) is 25.0 Å². The maximum Gasteiger partial charge on any atom is 0.246 e. The molecule has 1 aromatic heterocycles. The number of hydrogen-bond acceptors (Lipinski definition) is 4. The molecule has 0 saturated carbocycles. The Labute approximate surface area is 117 Å². The van der Waals surface area contributed by atoms with Crippen LogP contribution in [0.15, 0.2) is 24.3 Å². The van der Waals surface area contributed by atoms with Gasteiger partial charge in [0, 0.05) is 19.1 Å². The molecule has 2 heterocycles. The number of rotatable bonds is 2. The molecule has 1 saturated heterocycles. The third-order valence-electron chi connectivity index (χ3n) is 3.67. The summed E-state index contributed by atoms with van der Waals surface area (Å²) in [6.07, 6.45) is 3.11. The summed E-state index contributed by atoms with van der Waals surface area (Å²) in [7, 11) is 0. The van der Waals surface area contributed by atoms with Gasteiger partial charge in [-0.3, -0.25) is 4.79 Å². The summed E-state index contributed by atoms with van der Waals surface area (Å²) in [5.74, 6) is 0.0441. The summed E-state index contributed by atoms with van der Waals surface area (Å²) in [4.78, 5) is 15.6. The molecule has 1 aliphatic rings. The fourth-order valence-corrected chi connectivity index (χ4v) is 2.60. The molecule has 0 aliphatic carbocycles. The number of nitrogens with two attached hydrogens (primary N) is 1. The van der Waals surface area contributed by atoms with Gasteiger partial charge in [-0.2, -0.15) is 15.0 Å². The Bertz CT molecular complexity index is 575. The van der Waals surface area contributed by atoms with Crippen LogP contribution in [0.3, 0.4) is 0 Å². The average Bonchev–Trinajstić information content (AvgIpc) is 2.71. The number of carbonyl (C=O) groups excluding carboxylic acids is 1. The summed E-state index contributed by atoms with van der Waals surface area (Å²) in [6, 6.07) is 7.70. The summed E-state index contributed by atoms with van der Waals surface area (Å²) >= 11 is 0. The highest BCUT2D eigenvalue weighted by Gasteiger charge is 2.20. The van der Waals surface area contributed by atoms with Gasteiger partial charge < -0.3 is 10.6 Å². The molecule has 1 aromatic carbocycles. The van der Waals surface area contributed by atoms with Gasteiger partial charge in [-0.25, -0.2) is 0 Å². The first-order valence-electron chi connectivity index (χ1n) is 7.05. The molecule has 1 aliphatic heterocycles. The lowest BCUT2D eigenvalue weighted by molar-refractivity contribution is -0.132. The molecule has 0 bridgehead atoms. The first-order valence-corrected chi connectivity index (χ1v) is 7.05. The van der Waals surface area contributed by atoms with Crippen LogP contribution in [0.2, 0.25) is 0 Å². The van der Waals surface area contributed by atoms with Crippen molar-refractivity contribution < 1.29 is 4.79 Å². The Balaban J connectivity index is 1.71. The predicted octanol–water partition coefficient (Wildman–Crippen LogP) is 0.771. The zero-order chi connectivity index (χ0) is 13.9. The van der Waals surface area contributed by atoms with Crippen LogP contribution in [0.1, 0.15) is 19.3 Å². The number of hydrogen-bond donors (Lipinski definition) is 1. The molecule has 6 heteroatoms. The third-order valence-corrected chi connectivity index (χ3v) is 3.67. The van der Waals surface area contributed by atoms with Gasteiger partial charge in [0.2, 0.25) is 5.91 Å². The van der Waals surface area contributed by atoms with E-state index in [1.807, 2.05) is 29.2 Å². The lowest BCUT2D eigenvalue weighted by Gasteiger charge is -2.22. The molecule has 20 heavy (non-hydrogen) atoms. The molecule has 0 spiro atoms. The van der Waals surface area contributed by atoms with Crippen molar-refractivity contribution in [3.05, 3.63) is 24.3 Å². The van der Waals surface area contributed by atoms with Gasteiger partial charge in [-0.15, -0.1) is 0 Å². The van der Waals surface area contributed by atoms with Crippen LogP contribution in [0.4, 0.5) is 0 Å². The smallest absolute Gasteiger partial charge is 0.246 e. The van der Waals surface area contributed by atoms with Crippen molar-refractivity contribution in [2.75, 3.05) is 13.1 Å². The first kappa shape index (κ1) is 13.1. The van der Waals surface area contributed by atoms with E-state index in [0.29, 0.717) is 6.54 Å². The maximum atomic E-state index is 12.3. The van der Waals surface area contributed by atoms with Crippen molar-refractivity contribution in [1.29, 1.82) is 0 Å². The van der Waals surface area contributed by atoms with E-state index in [-0.39, 0.29) is 18.5 Å². The first-order chi connectivity index (χ1) is 9.72. The maximum absolute atomic E-state index is 12.3. The molecule has 0 radical (unpaired) electrons. The van der Waals surface area contributed by atoms with E-state index in [1.165, 1.54) is 4.80 Å². The highest BCUT2D eigenvalue weighted by molar-refractivity contribution is 5.77. The minimum absolute atomic E-state index is 0.0441. The Hall–Kier alpha value is -1.95. The van der Waals surface area contributed by atoms with Crippen molar-refractivity contribution >= 4 is 16.9 Å². The quantitative estimate of drug-likeness (QED) is 0.877. The zero-order valence-corrected chi connectivity index (χ0v) is 11.4. The van der Waals surface area contributed by atoms with Crippen LogP contribution < -0.4 is 5.73 Å². The molecule has 2 N–H and O–H groups in total. The largest absolute Gasteiger partial charge is 0.339 e. The highest BCUT2D eigenvalue weighted by Crippen LogP contribution is 2.11. The van der Waals surface area contributed by atoms with Crippen molar-refractivity contribution in [3.63, 3.8) is 0 Å². The lowest BCUT2D eigenvalue weighted by Crippen LogP contribution is -2.41. The highest BCUT2D eigenvalue weighted by atomic mass is 16.2. The Morgan fingerprint density at radius 3 is 2.65 bits per heavy atom. The molecule has 1 amide bonds. The topological polar surface area (TPSA) is 77.0 Å². The van der Waals surface area contributed by atoms with Crippen LogP contribution in [0.25, 0.3) is 11.0 Å². The molecule has 0 unspecified atom stereocenters. The summed E-state index contributed by atoms with van der Waals surface area (Å²) < 4.78 is 0. The van der Waals surface area contributed by atoms with Crippen molar-refractivity contribution in [3.8, 4) is 0 Å². The minimum atomic E-state index is 0.0441. The fourth-order valence-electron chi connectivity index (χ4n) is 2.60. The number of amides is 1. The van der Waals surface area contributed by atoms with E-state index in [2.05, 4.69) is 10.2 Å².